The molecule has 1 N–H and O–H groups in total. The molecule has 0 heterocycles. The summed E-state index contributed by atoms with van der Waals surface area (Å²) in [7, 11) is 0. The highest BCUT2D eigenvalue weighted by Crippen LogP contribution is 2.24. The van der Waals surface area contributed by atoms with Crippen molar-refractivity contribution in [3.63, 3.8) is 0 Å². The van der Waals surface area contributed by atoms with E-state index in [2.05, 4.69) is 29.0 Å². The van der Waals surface area contributed by atoms with Gasteiger partial charge in [0, 0.05) is 0 Å². The third-order valence-electron chi connectivity index (χ3n) is 2.92. The van der Waals surface area contributed by atoms with Crippen molar-refractivity contribution < 1.29 is 14.6 Å². The molecule has 0 aromatic heterocycles. The maximum Gasteiger partial charge on any atom is 0.505 e. The lowest BCUT2D eigenvalue weighted by atomic mass is 9.97. The second-order valence-corrected chi connectivity index (χ2v) is 4.24. The molecule has 2 rings (SSSR count). The second kappa shape index (κ2) is 6.59. The first-order chi connectivity index (χ1) is 9.27. The Morgan fingerprint density at radius 3 is 2.42 bits per heavy atom. The number of ether oxygens (including phenoxy) is 1. The van der Waals surface area contributed by atoms with E-state index < -0.39 is 6.16 Å². The lowest BCUT2D eigenvalue weighted by Crippen LogP contribution is -2.03. The highest BCUT2D eigenvalue weighted by Gasteiger charge is 2.04. The van der Waals surface area contributed by atoms with Gasteiger partial charge in [-0.1, -0.05) is 54.6 Å². The Morgan fingerprint density at radius 2 is 1.68 bits per heavy atom. The number of carbonyl (C=O) groups is 1. The minimum absolute atomic E-state index is 0.235. The van der Waals surface area contributed by atoms with Gasteiger partial charge in [-0.2, -0.15) is 0 Å². The lowest BCUT2D eigenvalue weighted by Gasteiger charge is -2.09. The molecular formula is C16H16O3. The Kier molecular flexibility index (Phi) is 4.56. The normalized spacial score (nSPS) is 10.1. The van der Waals surface area contributed by atoms with Gasteiger partial charge in [0.05, 0.1) is 6.61 Å². The van der Waals surface area contributed by atoms with Gasteiger partial charge in [0.1, 0.15) is 0 Å². The first kappa shape index (κ1) is 13.1. The van der Waals surface area contributed by atoms with Crippen LogP contribution in [0.5, 0.6) is 0 Å². The van der Waals surface area contributed by atoms with Crippen LogP contribution in [0.15, 0.2) is 54.6 Å². The molecule has 0 aliphatic heterocycles. The van der Waals surface area contributed by atoms with Crippen molar-refractivity contribution in [2.75, 3.05) is 6.61 Å². The van der Waals surface area contributed by atoms with Crippen LogP contribution in [0.4, 0.5) is 4.79 Å². The highest BCUT2D eigenvalue weighted by atomic mass is 16.7. The smallest absolute Gasteiger partial charge is 0.450 e. The van der Waals surface area contributed by atoms with Crippen LogP contribution in [-0.4, -0.2) is 17.9 Å². The van der Waals surface area contributed by atoms with Gasteiger partial charge in [-0.3, -0.25) is 0 Å². The fraction of sp³-hybridized carbons (Fsp3) is 0.188. The molecule has 0 fully saturated rings. The summed E-state index contributed by atoms with van der Waals surface area (Å²) in [5, 5.41) is 8.42. The fourth-order valence-electron chi connectivity index (χ4n) is 2.06. The van der Waals surface area contributed by atoms with E-state index in [1.165, 1.54) is 16.7 Å². The lowest BCUT2D eigenvalue weighted by molar-refractivity contribution is 0.0907. The van der Waals surface area contributed by atoms with Crippen LogP contribution in [0.25, 0.3) is 11.1 Å². The van der Waals surface area contributed by atoms with Gasteiger partial charge in [0.2, 0.25) is 0 Å². The van der Waals surface area contributed by atoms with E-state index in [0.717, 1.165) is 6.42 Å². The molecule has 2 aromatic carbocycles. The Hall–Kier alpha value is -2.29. The molecule has 0 atom stereocenters. The van der Waals surface area contributed by atoms with Crippen molar-refractivity contribution in [1.29, 1.82) is 0 Å². The van der Waals surface area contributed by atoms with Crippen LogP contribution in [0, 0.1) is 0 Å². The molecule has 0 amide bonds. The van der Waals surface area contributed by atoms with Crippen molar-refractivity contribution in [3.8, 4) is 11.1 Å². The second-order valence-electron chi connectivity index (χ2n) is 4.24. The Bertz CT molecular complexity index is 535. The van der Waals surface area contributed by atoms with Crippen molar-refractivity contribution in [3.05, 3.63) is 60.2 Å². The third kappa shape index (κ3) is 3.85. The molecule has 0 radical (unpaired) electrons. The van der Waals surface area contributed by atoms with Gasteiger partial charge < -0.3 is 9.84 Å². The number of hydrogen-bond acceptors (Lipinski definition) is 2. The largest absolute Gasteiger partial charge is 0.505 e. The Morgan fingerprint density at radius 1 is 1.00 bits per heavy atom. The molecule has 19 heavy (non-hydrogen) atoms. The van der Waals surface area contributed by atoms with Crippen molar-refractivity contribution in [2.24, 2.45) is 0 Å². The van der Waals surface area contributed by atoms with Gasteiger partial charge in [0.15, 0.2) is 0 Å². The van der Waals surface area contributed by atoms with Crippen LogP contribution in [-0.2, 0) is 11.2 Å². The van der Waals surface area contributed by atoms with Crippen LogP contribution < -0.4 is 0 Å². The summed E-state index contributed by atoms with van der Waals surface area (Å²) >= 11 is 0. The van der Waals surface area contributed by atoms with E-state index in [0.29, 0.717) is 6.42 Å². The van der Waals surface area contributed by atoms with E-state index in [9.17, 15) is 4.79 Å². The summed E-state index contributed by atoms with van der Waals surface area (Å²) in [5.41, 5.74) is 3.58. The minimum atomic E-state index is -1.21. The quantitative estimate of drug-likeness (QED) is 0.650. The maximum atomic E-state index is 10.3. The summed E-state index contributed by atoms with van der Waals surface area (Å²) in [5.74, 6) is 0. The Balaban J connectivity index is 2.07. The fourth-order valence-corrected chi connectivity index (χ4v) is 2.06. The van der Waals surface area contributed by atoms with Crippen LogP contribution in [0.2, 0.25) is 0 Å². The average Bonchev–Trinajstić information content (AvgIpc) is 2.45. The molecule has 3 nitrogen and oxygen atoms in total. The van der Waals surface area contributed by atoms with E-state index >= 15 is 0 Å². The van der Waals surface area contributed by atoms with Crippen molar-refractivity contribution in [1.82, 2.24) is 0 Å². The molecule has 0 bridgehead atoms. The summed E-state index contributed by atoms with van der Waals surface area (Å²) in [6.07, 6.45) is 0.283. The molecular weight excluding hydrogens is 240 g/mol. The zero-order valence-electron chi connectivity index (χ0n) is 10.6. The molecule has 0 saturated heterocycles. The van der Waals surface area contributed by atoms with Gasteiger partial charge in [0.25, 0.3) is 0 Å². The molecule has 0 aliphatic carbocycles. The van der Waals surface area contributed by atoms with E-state index in [4.69, 9.17) is 5.11 Å². The first-order valence-corrected chi connectivity index (χ1v) is 6.26. The summed E-state index contributed by atoms with van der Waals surface area (Å²) < 4.78 is 4.53. The predicted octanol–water partition coefficient (Wildman–Crippen LogP) is 3.98. The van der Waals surface area contributed by atoms with Gasteiger partial charge >= 0.3 is 6.16 Å². The van der Waals surface area contributed by atoms with Gasteiger partial charge in [-0.25, -0.2) is 4.79 Å². The van der Waals surface area contributed by atoms with Crippen molar-refractivity contribution >= 4 is 6.16 Å². The summed E-state index contributed by atoms with van der Waals surface area (Å²) in [6.45, 7) is 0.235. The molecule has 3 heteroatoms. The number of benzene rings is 2. The molecule has 0 unspecified atom stereocenters. The van der Waals surface area contributed by atoms with Gasteiger partial charge in [-0.15, -0.1) is 0 Å². The standard InChI is InChI=1S/C16H16O3/c17-16(18)19-12-6-10-14-9-4-5-11-15(14)13-7-2-1-3-8-13/h1-5,7-9,11H,6,10,12H2,(H,17,18). The molecule has 0 aliphatic rings. The van der Waals surface area contributed by atoms with Crippen molar-refractivity contribution in [2.45, 2.75) is 12.8 Å². The molecule has 98 valence electrons. The average molecular weight is 256 g/mol. The number of carboxylic acid groups (broad SMARTS) is 1. The topological polar surface area (TPSA) is 46.5 Å². The zero-order valence-corrected chi connectivity index (χ0v) is 10.6. The minimum Gasteiger partial charge on any atom is -0.450 e. The van der Waals surface area contributed by atoms with Crippen LogP contribution in [0.1, 0.15) is 12.0 Å². The summed E-state index contributed by atoms with van der Waals surface area (Å²) in [4.78, 5) is 10.3. The molecule has 2 aromatic rings. The van der Waals surface area contributed by atoms with E-state index in [-0.39, 0.29) is 6.61 Å². The van der Waals surface area contributed by atoms with Crippen LogP contribution >= 0.6 is 0 Å². The zero-order chi connectivity index (χ0) is 13.5. The van der Waals surface area contributed by atoms with E-state index in [1.54, 1.807) is 0 Å². The molecule has 0 saturated carbocycles. The Labute approximate surface area is 112 Å². The SMILES string of the molecule is O=C(O)OCCCc1ccccc1-c1ccccc1. The number of aryl methyl sites for hydroxylation is 1. The number of rotatable bonds is 5. The third-order valence-corrected chi connectivity index (χ3v) is 2.92. The van der Waals surface area contributed by atoms with E-state index in [1.807, 2.05) is 30.3 Å². The van der Waals surface area contributed by atoms with Crippen LogP contribution in [0.3, 0.4) is 0 Å². The monoisotopic (exact) mass is 256 g/mol. The summed E-state index contributed by atoms with van der Waals surface area (Å²) in [6, 6.07) is 18.3. The highest BCUT2D eigenvalue weighted by molar-refractivity contribution is 5.67. The number of hydrogen-bond donors (Lipinski definition) is 1. The maximum absolute atomic E-state index is 10.3. The predicted molar refractivity (Wildman–Crippen MR) is 74.2 cm³/mol. The van der Waals surface area contributed by atoms with Gasteiger partial charge in [-0.05, 0) is 29.5 Å². The first-order valence-electron chi connectivity index (χ1n) is 6.26. The molecule has 0 spiro atoms.